The van der Waals surface area contributed by atoms with Gasteiger partial charge in [-0.1, -0.05) is 41.9 Å². The second-order valence-electron chi connectivity index (χ2n) is 5.53. The number of hydrogen-bond donors (Lipinski definition) is 2. The van der Waals surface area contributed by atoms with E-state index in [9.17, 15) is 9.59 Å². The van der Waals surface area contributed by atoms with Gasteiger partial charge in [-0.2, -0.15) is 0 Å². The third kappa shape index (κ3) is 6.35. The van der Waals surface area contributed by atoms with Gasteiger partial charge in [0.1, 0.15) is 5.70 Å². The van der Waals surface area contributed by atoms with Crippen LogP contribution in [0, 0.1) is 0 Å². The van der Waals surface area contributed by atoms with Gasteiger partial charge < -0.3 is 15.4 Å². The van der Waals surface area contributed by atoms with Crippen LogP contribution in [0.3, 0.4) is 0 Å². The summed E-state index contributed by atoms with van der Waals surface area (Å²) in [5.74, 6) is -0.710. The summed E-state index contributed by atoms with van der Waals surface area (Å²) in [5, 5.41) is 6.06. The van der Waals surface area contributed by atoms with Gasteiger partial charge in [0.25, 0.3) is 11.8 Å². The monoisotopic (exact) mass is 372 g/mol. The van der Waals surface area contributed by atoms with Crippen LogP contribution in [0.1, 0.15) is 22.3 Å². The standard InChI is InChI=1S/C20H21ClN2O3/c1-26-13-5-12-22-20(25)18(14-15-8-10-17(21)11-9-15)23-19(24)16-6-3-2-4-7-16/h2-4,6-11,14H,5,12-13H2,1H3,(H,22,25)(H,23,24)/b18-14+. The third-order valence-electron chi connectivity index (χ3n) is 3.52. The fourth-order valence-electron chi connectivity index (χ4n) is 2.18. The zero-order valence-corrected chi connectivity index (χ0v) is 15.3. The summed E-state index contributed by atoms with van der Waals surface area (Å²) in [6.45, 7) is 0.999. The summed E-state index contributed by atoms with van der Waals surface area (Å²) >= 11 is 5.89. The van der Waals surface area contributed by atoms with E-state index in [0.29, 0.717) is 30.2 Å². The largest absolute Gasteiger partial charge is 0.385 e. The number of rotatable bonds is 8. The van der Waals surface area contributed by atoms with Gasteiger partial charge in [0.05, 0.1) is 0 Å². The number of methoxy groups -OCH3 is 1. The van der Waals surface area contributed by atoms with E-state index in [1.807, 2.05) is 6.07 Å². The minimum atomic E-state index is -0.361. The molecule has 0 saturated heterocycles. The SMILES string of the molecule is COCCCNC(=O)/C(=C\c1ccc(Cl)cc1)NC(=O)c1ccccc1. The van der Waals surface area contributed by atoms with E-state index in [1.54, 1.807) is 61.7 Å². The first kappa shape index (κ1) is 19.7. The van der Waals surface area contributed by atoms with Gasteiger partial charge in [-0.15, -0.1) is 0 Å². The van der Waals surface area contributed by atoms with E-state index >= 15 is 0 Å². The molecule has 0 aliphatic rings. The maximum absolute atomic E-state index is 12.5. The lowest BCUT2D eigenvalue weighted by molar-refractivity contribution is -0.117. The molecule has 2 rings (SSSR count). The smallest absolute Gasteiger partial charge is 0.267 e. The minimum Gasteiger partial charge on any atom is -0.385 e. The van der Waals surface area contributed by atoms with Crippen LogP contribution in [0.5, 0.6) is 0 Å². The number of halogens is 1. The quantitative estimate of drug-likeness (QED) is 0.552. The van der Waals surface area contributed by atoms with Crippen LogP contribution in [0.25, 0.3) is 6.08 Å². The van der Waals surface area contributed by atoms with Gasteiger partial charge >= 0.3 is 0 Å². The van der Waals surface area contributed by atoms with Crippen molar-refractivity contribution in [3.8, 4) is 0 Å². The van der Waals surface area contributed by atoms with E-state index in [-0.39, 0.29) is 17.5 Å². The summed E-state index contributed by atoms with van der Waals surface area (Å²) in [4.78, 5) is 24.9. The highest BCUT2D eigenvalue weighted by Gasteiger charge is 2.14. The van der Waals surface area contributed by atoms with Gasteiger partial charge in [0.15, 0.2) is 0 Å². The molecule has 26 heavy (non-hydrogen) atoms. The van der Waals surface area contributed by atoms with Crippen LogP contribution in [-0.4, -0.2) is 32.1 Å². The molecular formula is C20H21ClN2O3. The Labute approximate surface area is 158 Å². The summed E-state index contributed by atoms with van der Waals surface area (Å²) in [6, 6.07) is 15.7. The van der Waals surface area contributed by atoms with E-state index in [0.717, 1.165) is 5.56 Å². The van der Waals surface area contributed by atoms with Gasteiger partial charge in [-0.3, -0.25) is 9.59 Å². The predicted octanol–water partition coefficient (Wildman–Crippen LogP) is 3.26. The fourth-order valence-corrected chi connectivity index (χ4v) is 2.31. The Morgan fingerprint density at radius 3 is 2.42 bits per heavy atom. The predicted molar refractivity (Wildman–Crippen MR) is 103 cm³/mol. The molecule has 2 N–H and O–H groups in total. The first-order valence-corrected chi connectivity index (χ1v) is 8.59. The molecule has 0 heterocycles. The summed E-state index contributed by atoms with van der Waals surface area (Å²) in [5.41, 5.74) is 1.39. The molecule has 0 fully saturated rings. The van der Waals surface area contributed by atoms with Gasteiger partial charge in [0, 0.05) is 30.8 Å². The molecule has 136 valence electrons. The molecule has 0 aromatic heterocycles. The molecule has 0 radical (unpaired) electrons. The van der Waals surface area contributed by atoms with Crippen molar-refractivity contribution in [2.24, 2.45) is 0 Å². The molecule has 2 aromatic carbocycles. The van der Waals surface area contributed by atoms with Crippen LogP contribution in [-0.2, 0) is 9.53 Å². The lowest BCUT2D eigenvalue weighted by atomic mass is 10.1. The van der Waals surface area contributed by atoms with Crippen molar-refractivity contribution < 1.29 is 14.3 Å². The van der Waals surface area contributed by atoms with Crippen molar-refractivity contribution in [3.05, 3.63) is 76.4 Å². The number of carbonyl (C=O) groups is 2. The molecule has 2 aromatic rings. The number of carbonyl (C=O) groups excluding carboxylic acids is 2. The fraction of sp³-hybridized carbons (Fsp3) is 0.200. The average Bonchev–Trinajstić information content (AvgIpc) is 2.67. The number of hydrogen-bond acceptors (Lipinski definition) is 3. The Kier molecular flexibility index (Phi) is 7.86. The molecule has 0 spiro atoms. The van der Waals surface area contributed by atoms with Crippen LogP contribution in [0.15, 0.2) is 60.3 Å². The van der Waals surface area contributed by atoms with Crippen LogP contribution in [0.2, 0.25) is 5.02 Å². The average molecular weight is 373 g/mol. The van der Waals surface area contributed by atoms with Crippen molar-refractivity contribution >= 4 is 29.5 Å². The first-order valence-electron chi connectivity index (χ1n) is 8.21. The number of nitrogens with one attached hydrogen (secondary N) is 2. The molecular weight excluding hydrogens is 352 g/mol. The topological polar surface area (TPSA) is 67.4 Å². The lowest BCUT2D eigenvalue weighted by Crippen LogP contribution is -2.35. The van der Waals surface area contributed by atoms with Crippen molar-refractivity contribution in [3.63, 3.8) is 0 Å². The maximum atomic E-state index is 12.5. The summed E-state index contributed by atoms with van der Waals surface area (Å²) in [6.07, 6.45) is 2.30. The van der Waals surface area contributed by atoms with Crippen LogP contribution < -0.4 is 10.6 Å². The zero-order valence-electron chi connectivity index (χ0n) is 14.5. The Bertz CT molecular complexity index is 758. The van der Waals surface area contributed by atoms with E-state index in [4.69, 9.17) is 16.3 Å². The zero-order chi connectivity index (χ0) is 18.8. The molecule has 5 nitrogen and oxygen atoms in total. The van der Waals surface area contributed by atoms with E-state index in [2.05, 4.69) is 10.6 Å². The lowest BCUT2D eigenvalue weighted by Gasteiger charge is -2.11. The highest BCUT2D eigenvalue weighted by atomic mass is 35.5. The molecule has 0 unspecified atom stereocenters. The third-order valence-corrected chi connectivity index (χ3v) is 3.77. The summed E-state index contributed by atoms with van der Waals surface area (Å²) in [7, 11) is 1.60. The highest BCUT2D eigenvalue weighted by Crippen LogP contribution is 2.12. The molecule has 0 aliphatic carbocycles. The van der Waals surface area contributed by atoms with Gasteiger partial charge in [-0.05, 0) is 42.3 Å². The Morgan fingerprint density at radius 2 is 1.77 bits per heavy atom. The van der Waals surface area contributed by atoms with Crippen molar-refractivity contribution in [2.45, 2.75) is 6.42 Å². The molecule has 2 amide bonds. The van der Waals surface area contributed by atoms with Crippen molar-refractivity contribution in [1.82, 2.24) is 10.6 Å². The molecule has 0 aliphatic heterocycles. The Hall–Kier alpha value is -2.63. The van der Waals surface area contributed by atoms with E-state index in [1.165, 1.54) is 0 Å². The minimum absolute atomic E-state index is 0.165. The molecule has 0 saturated carbocycles. The number of amides is 2. The highest BCUT2D eigenvalue weighted by molar-refractivity contribution is 6.30. The van der Waals surface area contributed by atoms with Crippen LogP contribution in [0.4, 0.5) is 0 Å². The Morgan fingerprint density at radius 1 is 1.08 bits per heavy atom. The number of benzene rings is 2. The number of ether oxygens (including phenoxy) is 1. The second kappa shape index (κ2) is 10.4. The van der Waals surface area contributed by atoms with Gasteiger partial charge in [0.2, 0.25) is 0 Å². The Balaban J connectivity index is 2.16. The van der Waals surface area contributed by atoms with Crippen molar-refractivity contribution in [2.75, 3.05) is 20.3 Å². The van der Waals surface area contributed by atoms with E-state index < -0.39 is 0 Å². The second-order valence-corrected chi connectivity index (χ2v) is 5.97. The first-order chi connectivity index (χ1) is 12.6. The molecule has 0 atom stereocenters. The summed E-state index contributed by atoms with van der Waals surface area (Å²) < 4.78 is 4.97. The normalized spacial score (nSPS) is 11.1. The molecule has 6 heteroatoms. The van der Waals surface area contributed by atoms with Crippen LogP contribution >= 0.6 is 11.6 Å². The maximum Gasteiger partial charge on any atom is 0.267 e. The molecule has 0 bridgehead atoms. The van der Waals surface area contributed by atoms with Crippen molar-refractivity contribution in [1.29, 1.82) is 0 Å². The van der Waals surface area contributed by atoms with Gasteiger partial charge in [-0.25, -0.2) is 0 Å².